The Kier molecular flexibility index (Phi) is 4.11. The molecule has 1 aromatic rings. The van der Waals surface area contributed by atoms with Crippen molar-refractivity contribution in [3.63, 3.8) is 0 Å². The SMILES string of the molecule is CCC(Nc1cc(Cl)nc(N)n1)C(C)O. The van der Waals surface area contributed by atoms with Crippen molar-refractivity contribution >= 4 is 23.4 Å². The lowest BCUT2D eigenvalue weighted by Crippen LogP contribution is -2.31. The topological polar surface area (TPSA) is 84.1 Å². The van der Waals surface area contributed by atoms with E-state index in [4.69, 9.17) is 17.3 Å². The average molecular weight is 231 g/mol. The van der Waals surface area contributed by atoms with Gasteiger partial charge in [-0.3, -0.25) is 0 Å². The minimum absolute atomic E-state index is 0.0737. The van der Waals surface area contributed by atoms with E-state index in [1.807, 2.05) is 6.92 Å². The molecule has 2 atom stereocenters. The minimum atomic E-state index is -0.468. The van der Waals surface area contributed by atoms with Gasteiger partial charge in [0.2, 0.25) is 5.95 Å². The van der Waals surface area contributed by atoms with E-state index in [0.29, 0.717) is 5.82 Å². The van der Waals surface area contributed by atoms with Crippen LogP contribution in [0.25, 0.3) is 0 Å². The summed E-state index contributed by atoms with van der Waals surface area (Å²) in [5, 5.41) is 12.8. The van der Waals surface area contributed by atoms with Crippen LogP contribution in [0.15, 0.2) is 6.07 Å². The highest BCUT2D eigenvalue weighted by Crippen LogP contribution is 2.15. The summed E-state index contributed by atoms with van der Waals surface area (Å²) >= 11 is 5.72. The van der Waals surface area contributed by atoms with E-state index in [1.54, 1.807) is 13.0 Å². The Hall–Kier alpha value is -1.07. The first-order valence-corrected chi connectivity index (χ1v) is 5.15. The maximum absolute atomic E-state index is 9.44. The van der Waals surface area contributed by atoms with E-state index in [-0.39, 0.29) is 17.1 Å². The smallest absolute Gasteiger partial charge is 0.223 e. The number of anilines is 2. The van der Waals surface area contributed by atoms with Gasteiger partial charge in [0.05, 0.1) is 12.1 Å². The van der Waals surface area contributed by atoms with Crippen LogP contribution in [-0.4, -0.2) is 27.2 Å². The molecule has 5 nitrogen and oxygen atoms in total. The summed E-state index contributed by atoms with van der Waals surface area (Å²) in [5.74, 6) is 0.644. The number of hydrogen-bond acceptors (Lipinski definition) is 5. The Bertz CT molecular complexity index is 312. The molecular weight excluding hydrogens is 216 g/mol. The normalized spacial score (nSPS) is 14.7. The predicted octanol–water partition coefficient (Wildman–Crippen LogP) is 1.28. The van der Waals surface area contributed by atoms with Gasteiger partial charge < -0.3 is 16.2 Å². The largest absolute Gasteiger partial charge is 0.391 e. The van der Waals surface area contributed by atoms with Crippen molar-refractivity contribution in [2.24, 2.45) is 0 Å². The zero-order valence-corrected chi connectivity index (χ0v) is 9.49. The van der Waals surface area contributed by atoms with Gasteiger partial charge in [-0.05, 0) is 13.3 Å². The molecule has 15 heavy (non-hydrogen) atoms. The van der Waals surface area contributed by atoms with Crippen molar-refractivity contribution < 1.29 is 5.11 Å². The van der Waals surface area contributed by atoms with Crippen molar-refractivity contribution in [2.75, 3.05) is 11.1 Å². The van der Waals surface area contributed by atoms with Crippen LogP contribution in [0.3, 0.4) is 0 Å². The van der Waals surface area contributed by atoms with E-state index >= 15 is 0 Å². The maximum atomic E-state index is 9.44. The average Bonchev–Trinajstić information content (AvgIpc) is 2.12. The summed E-state index contributed by atoms with van der Waals surface area (Å²) in [7, 11) is 0. The lowest BCUT2D eigenvalue weighted by molar-refractivity contribution is 0.169. The van der Waals surface area contributed by atoms with E-state index in [9.17, 15) is 5.11 Å². The van der Waals surface area contributed by atoms with Crippen LogP contribution in [0.1, 0.15) is 20.3 Å². The molecule has 84 valence electrons. The van der Waals surface area contributed by atoms with Gasteiger partial charge >= 0.3 is 0 Å². The second kappa shape index (κ2) is 5.14. The molecule has 0 amide bonds. The summed E-state index contributed by atoms with van der Waals surface area (Å²) in [5.41, 5.74) is 5.44. The third kappa shape index (κ3) is 3.53. The standard InChI is InChI=1S/C9H15ClN4O/c1-3-6(5(2)15)12-8-4-7(10)13-9(11)14-8/h4-6,15H,3H2,1-2H3,(H3,11,12,13,14). The zero-order valence-electron chi connectivity index (χ0n) is 8.74. The molecule has 6 heteroatoms. The van der Waals surface area contributed by atoms with Crippen LogP contribution >= 0.6 is 11.6 Å². The molecule has 0 spiro atoms. The maximum Gasteiger partial charge on any atom is 0.223 e. The summed E-state index contributed by atoms with van der Waals surface area (Å²) in [6.07, 6.45) is 0.309. The van der Waals surface area contributed by atoms with Crippen molar-refractivity contribution in [1.29, 1.82) is 0 Å². The van der Waals surface area contributed by atoms with Gasteiger partial charge in [-0.25, -0.2) is 4.98 Å². The quantitative estimate of drug-likeness (QED) is 0.679. The molecule has 0 fully saturated rings. The first kappa shape index (κ1) is 12.0. The van der Waals surface area contributed by atoms with Crippen LogP contribution in [0.2, 0.25) is 5.15 Å². The molecule has 1 heterocycles. The summed E-state index contributed by atoms with van der Waals surface area (Å²) in [4.78, 5) is 7.71. The third-order valence-electron chi connectivity index (χ3n) is 2.07. The Morgan fingerprint density at radius 3 is 2.73 bits per heavy atom. The van der Waals surface area contributed by atoms with E-state index < -0.39 is 6.10 Å². The van der Waals surface area contributed by atoms with Crippen molar-refractivity contribution in [2.45, 2.75) is 32.4 Å². The van der Waals surface area contributed by atoms with Gasteiger partial charge in [0.25, 0.3) is 0 Å². The molecule has 0 aliphatic heterocycles. The second-order valence-electron chi connectivity index (χ2n) is 3.33. The lowest BCUT2D eigenvalue weighted by atomic mass is 10.1. The molecular formula is C9H15ClN4O. The Labute approximate surface area is 93.7 Å². The molecule has 0 radical (unpaired) electrons. The van der Waals surface area contributed by atoms with Crippen LogP contribution in [0, 0.1) is 0 Å². The number of hydrogen-bond donors (Lipinski definition) is 3. The van der Waals surface area contributed by atoms with Crippen LogP contribution < -0.4 is 11.1 Å². The molecule has 0 aliphatic carbocycles. The molecule has 0 bridgehead atoms. The molecule has 0 aromatic carbocycles. The van der Waals surface area contributed by atoms with Crippen molar-refractivity contribution in [3.8, 4) is 0 Å². The van der Waals surface area contributed by atoms with Gasteiger partial charge in [-0.2, -0.15) is 4.98 Å². The van der Waals surface area contributed by atoms with Gasteiger partial charge in [-0.15, -0.1) is 0 Å². The summed E-state index contributed by atoms with van der Waals surface area (Å²) in [6.45, 7) is 3.68. The Morgan fingerprint density at radius 1 is 1.60 bits per heavy atom. The van der Waals surface area contributed by atoms with Crippen LogP contribution in [0.4, 0.5) is 11.8 Å². The lowest BCUT2D eigenvalue weighted by Gasteiger charge is -2.20. The molecule has 4 N–H and O–H groups in total. The Morgan fingerprint density at radius 2 is 2.27 bits per heavy atom. The highest BCUT2D eigenvalue weighted by atomic mass is 35.5. The summed E-state index contributed by atoms with van der Waals surface area (Å²) < 4.78 is 0. The fourth-order valence-electron chi connectivity index (χ4n) is 1.26. The van der Waals surface area contributed by atoms with Gasteiger partial charge in [-0.1, -0.05) is 18.5 Å². The highest BCUT2D eigenvalue weighted by molar-refractivity contribution is 6.29. The zero-order chi connectivity index (χ0) is 11.4. The van der Waals surface area contributed by atoms with Gasteiger partial charge in [0.1, 0.15) is 11.0 Å². The third-order valence-corrected chi connectivity index (χ3v) is 2.26. The number of aromatic nitrogens is 2. The first-order chi connectivity index (χ1) is 7.02. The van der Waals surface area contributed by atoms with Crippen LogP contribution in [0.5, 0.6) is 0 Å². The van der Waals surface area contributed by atoms with Crippen molar-refractivity contribution in [1.82, 2.24) is 9.97 Å². The van der Waals surface area contributed by atoms with Crippen LogP contribution in [-0.2, 0) is 0 Å². The highest BCUT2D eigenvalue weighted by Gasteiger charge is 2.13. The molecule has 0 saturated heterocycles. The number of halogens is 1. The fraction of sp³-hybridized carbons (Fsp3) is 0.556. The number of nitrogens with two attached hydrogens (primary N) is 1. The number of aliphatic hydroxyl groups excluding tert-OH is 1. The predicted molar refractivity (Wildman–Crippen MR) is 60.8 cm³/mol. The Balaban J connectivity index is 2.79. The molecule has 1 rings (SSSR count). The first-order valence-electron chi connectivity index (χ1n) is 4.77. The van der Waals surface area contributed by atoms with E-state index in [2.05, 4.69) is 15.3 Å². The minimum Gasteiger partial charge on any atom is -0.391 e. The van der Waals surface area contributed by atoms with E-state index in [0.717, 1.165) is 6.42 Å². The second-order valence-corrected chi connectivity index (χ2v) is 3.72. The summed E-state index contributed by atoms with van der Waals surface area (Å²) in [6, 6.07) is 1.50. The molecule has 1 aromatic heterocycles. The molecule has 0 saturated carbocycles. The monoisotopic (exact) mass is 230 g/mol. The fourth-order valence-corrected chi connectivity index (χ4v) is 1.45. The number of aliphatic hydroxyl groups is 1. The number of nitrogens with one attached hydrogen (secondary N) is 1. The van der Waals surface area contributed by atoms with E-state index in [1.165, 1.54) is 0 Å². The van der Waals surface area contributed by atoms with Gasteiger partial charge in [0, 0.05) is 6.07 Å². The molecule has 2 unspecified atom stereocenters. The van der Waals surface area contributed by atoms with Gasteiger partial charge in [0.15, 0.2) is 0 Å². The number of rotatable bonds is 4. The number of nitrogen functional groups attached to an aromatic ring is 1. The number of nitrogens with zero attached hydrogens (tertiary/aromatic N) is 2. The van der Waals surface area contributed by atoms with Crippen molar-refractivity contribution in [3.05, 3.63) is 11.2 Å². The molecule has 0 aliphatic rings.